The van der Waals surface area contributed by atoms with Crippen molar-refractivity contribution in [2.24, 2.45) is 5.92 Å². The lowest BCUT2D eigenvalue weighted by Gasteiger charge is -2.37. The van der Waals surface area contributed by atoms with Gasteiger partial charge in [0.2, 0.25) is 11.8 Å². The van der Waals surface area contributed by atoms with Crippen LogP contribution in [0.25, 0.3) is 0 Å². The average Bonchev–Trinajstić information content (AvgIpc) is 2.85. The zero-order valence-corrected chi connectivity index (χ0v) is 20.3. The minimum atomic E-state index is -0.371. The van der Waals surface area contributed by atoms with Crippen molar-refractivity contribution in [2.75, 3.05) is 26.7 Å². The van der Waals surface area contributed by atoms with Gasteiger partial charge in [0.15, 0.2) is 0 Å². The topological polar surface area (TPSA) is 83.0 Å². The van der Waals surface area contributed by atoms with Gasteiger partial charge in [-0.25, -0.2) is 4.98 Å². The smallest absolute Gasteiger partial charge is 0.259 e. The first kappa shape index (κ1) is 25.3. The molecule has 1 aromatic carbocycles. The monoisotopic (exact) mass is 463 g/mol. The molecule has 0 radical (unpaired) electrons. The lowest BCUT2D eigenvalue weighted by atomic mass is 9.99. The molecule has 2 aromatic rings. The lowest BCUT2D eigenvalue weighted by Crippen LogP contribution is -2.50. The summed E-state index contributed by atoms with van der Waals surface area (Å²) in [6.45, 7) is 6.23. The number of ether oxygens (including phenoxy) is 1. The van der Waals surface area contributed by atoms with Crippen molar-refractivity contribution in [3.63, 3.8) is 0 Å². The number of aromatic nitrogens is 1. The van der Waals surface area contributed by atoms with E-state index in [1.54, 1.807) is 29.1 Å². The lowest BCUT2D eigenvalue weighted by molar-refractivity contribution is -0.131. The van der Waals surface area contributed by atoms with Crippen LogP contribution in [0.1, 0.15) is 48.7 Å². The summed E-state index contributed by atoms with van der Waals surface area (Å²) in [6.07, 6.45) is 2.24. The van der Waals surface area contributed by atoms with Gasteiger partial charge in [0.05, 0.1) is 19.2 Å². The van der Waals surface area contributed by atoms with Crippen LogP contribution in [0.4, 0.5) is 0 Å². The molecule has 2 heterocycles. The fourth-order valence-electron chi connectivity index (χ4n) is 3.87. The largest absolute Gasteiger partial charge is 0.472 e. The number of likely N-dealkylation sites (N-methyl/N-ethyl adjacent to an activating group) is 1. The SMILES string of the molecule is CCC(=O)N(C)C[C@@H]1Oc2ncc(C#CCc3ccccc3)cc2C(=O)N([C@H](C)CO)C[C@@H]1C. The number of hydrogen-bond acceptors (Lipinski definition) is 5. The van der Waals surface area contributed by atoms with E-state index in [4.69, 9.17) is 4.74 Å². The summed E-state index contributed by atoms with van der Waals surface area (Å²) in [5.74, 6) is 6.14. The van der Waals surface area contributed by atoms with E-state index in [0.29, 0.717) is 37.1 Å². The highest BCUT2D eigenvalue weighted by Crippen LogP contribution is 2.27. The number of pyridine rings is 1. The van der Waals surface area contributed by atoms with Crippen LogP contribution in [0, 0.1) is 17.8 Å². The third-order valence-electron chi connectivity index (χ3n) is 6.07. The second kappa shape index (κ2) is 11.7. The summed E-state index contributed by atoms with van der Waals surface area (Å²) in [5, 5.41) is 9.78. The fraction of sp³-hybridized carbons (Fsp3) is 0.444. The minimum absolute atomic E-state index is 0.0201. The highest BCUT2D eigenvalue weighted by Gasteiger charge is 2.34. The Morgan fingerprint density at radius 2 is 2.09 bits per heavy atom. The van der Waals surface area contributed by atoms with Gasteiger partial charge in [-0.05, 0) is 18.6 Å². The number of rotatable bonds is 6. The summed E-state index contributed by atoms with van der Waals surface area (Å²) >= 11 is 0. The number of carbonyl (C=O) groups is 2. The quantitative estimate of drug-likeness (QED) is 0.666. The number of carbonyl (C=O) groups excluding carboxylic acids is 2. The van der Waals surface area contributed by atoms with Gasteiger partial charge in [0.1, 0.15) is 11.7 Å². The second-order valence-electron chi connectivity index (χ2n) is 8.79. The van der Waals surface area contributed by atoms with Gasteiger partial charge in [-0.15, -0.1) is 0 Å². The van der Waals surface area contributed by atoms with Crippen LogP contribution >= 0.6 is 0 Å². The highest BCUT2D eigenvalue weighted by atomic mass is 16.5. The van der Waals surface area contributed by atoms with E-state index < -0.39 is 0 Å². The predicted molar refractivity (Wildman–Crippen MR) is 130 cm³/mol. The Kier molecular flexibility index (Phi) is 8.67. The summed E-state index contributed by atoms with van der Waals surface area (Å²) in [7, 11) is 1.75. The minimum Gasteiger partial charge on any atom is -0.472 e. The Morgan fingerprint density at radius 1 is 1.35 bits per heavy atom. The van der Waals surface area contributed by atoms with E-state index >= 15 is 0 Å². The molecule has 0 aliphatic carbocycles. The van der Waals surface area contributed by atoms with Crippen LogP contribution in [-0.4, -0.2) is 70.6 Å². The van der Waals surface area contributed by atoms with Gasteiger partial charge in [-0.1, -0.05) is 56.0 Å². The van der Waals surface area contributed by atoms with Crippen molar-refractivity contribution in [3.05, 3.63) is 59.3 Å². The first-order valence-corrected chi connectivity index (χ1v) is 11.7. The molecule has 180 valence electrons. The highest BCUT2D eigenvalue weighted by molar-refractivity contribution is 5.97. The molecule has 1 aromatic heterocycles. The number of amides is 2. The van der Waals surface area contributed by atoms with Crippen molar-refractivity contribution < 1.29 is 19.4 Å². The molecule has 1 aliphatic rings. The predicted octanol–water partition coefficient (Wildman–Crippen LogP) is 2.76. The van der Waals surface area contributed by atoms with Gasteiger partial charge in [-0.3, -0.25) is 9.59 Å². The van der Waals surface area contributed by atoms with Crippen molar-refractivity contribution >= 4 is 11.8 Å². The van der Waals surface area contributed by atoms with E-state index in [0.717, 1.165) is 5.56 Å². The molecular weight excluding hydrogens is 430 g/mol. The van der Waals surface area contributed by atoms with Gasteiger partial charge in [0.25, 0.3) is 5.91 Å². The third kappa shape index (κ3) is 6.15. The molecule has 3 atom stereocenters. The summed E-state index contributed by atoms with van der Waals surface area (Å²) in [5.41, 5.74) is 2.04. The molecule has 0 unspecified atom stereocenters. The number of fused-ring (bicyclic) bond motifs is 1. The van der Waals surface area contributed by atoms with Gasteiger partial charge in [-0.2, -0.15) is 0 Å². The van der Waals surface area contributed by atoms with E-state index in [2.05, 4.69) is 16.8 Å². The third-order valence-corrected chi connectivity index (χ3v) is 6.07. The van der Waals surface area contributed by atoms with Gasteiger partial charge in [0, 0.05) is 44.1 Å². The van der Waals surface area contributed by atoms with E-state index in [1.807, 2.05) is 51.1 Å². The zero-order chi connectivity index (χ0) is 24.7. The normalized spacial score (nSPS) is 18.5. The average molecular weight is 464 g/mol. The fourth-order valence-corrected chi connectivity index (χ4v) is 3.87. The van der Waals surface area contributed by atoms with E-state index in [9.17, 15) is 14.7 Å². The maximum atomic E-state index is 13.4. The van der Waals surface area contributed by atoms with Gasteiger partial charge < -0.3 is 19.6 Å². The molecule has 7 heteroatoms. The Bertz CT molecular complexity index is 1060. The van der Waals surface area contributed by atoms with Crippen LogP contribution in [-0.2, 0) is 11.2 Å². The first-order valence-electron chi connectivity index (χ1n) is 11.7. The number of hydrogen-bond donors (Lipinski definition) is 1. The molecule has 1 N–H and O–H groups in total. The molecule has 0 spiro atoms. The van der Waals surface area contributed by atoms with Crippen molar-refractivity contribution in [3.8, 4) is 17.7 Å². The van der Waals surface area contributed by atoms with Crippen LogP contribution < -0.4 is 4.74 Å². The van der Waals surface area contributed by atoms with Crippen LogP contribution in [0.2, 0.25) is 0 Å². The summed E-state index contributed by atoms with van der Waals surface area (Å²) < 4.78 is 6.21. The van der Waals surface area contributed by atoms with E-state index in [1.165, 1.54) is 0 Å². The number of benzene rings is 1. The zero-order valence-electron chi connectivity index (χ0n) is 20.3. The maximum Gasteiger partial charge on any atom is 0.259 e. The summed E-state index contributed by atoms with van der Waals surface area (Å²) in [6, 6.07) is 11.3. The molecule has 3 rings (SSSR count). The standard InChI is InChI=1S/C27H33N3O4/c1-5-25(32)29(4)17-24-19(2)16-30(20(3)18-31)27(33)23-14-22(15-28-26(23)34-24)13-9-12-21-10-7-6-8-11-21/h6-8,10-11,14-15,19-20,24,31H,5,12,16-18H2,1-4H3/t19-,20+,24-/m0/s1. The molecule has 1 aliphatic heterocycles. The molecule has 0 fully saturated rings. The Morgan fingerprint density at radius 3 is 2.76 bits per heavy atom. The van der Waals surface area contributed by atoms with E-state index in [-0.39, 0.29) is 42.4 Å². The molecule has 7 nitrogen and oxygen atoms in total. The molecule has 0 bridgehead atoms. The molecular formula is C27H33N3O4. The number of nitrogens with zero attached hydrogens (tertiary/aromatic N) is 3. The summed E-state index contributed by atoms with van der Waals surface area (Å²) in [4.78, 5) is 33.3. The van der Waals surface area contributed by atoms with Crippen molar-refractivity contribution in [1.29, 1.82) is 0 Å². The molecule has 2 amide bonds. The Balaban J connectivity index is 1.93. The van der Waals surface area contributed by atoms with Crippen LogP contribution in [0.3, 0.4) is 0 Å². The van der Waals surface area contributed by atoms with Gasteiger partial charge >= 0.3 is 0 Å². The number of aliphatic hydroxyl groups excluding tert-OH is 1. The molecule has 34 heavy (non-hydrogen) atoms. The Hall–Kier alpha value is -3.37. The first-order chi connectivity index (χ1) is 16.3. The number of aliphatic hydroxyl groups is 1. The molecule has 0 saturated heterocycles. The Labute approximate surface area is 201 Å². The second-order valence-corrected chi connectivity index (χ2v) is 8.79. The van der Waals surface area contributed by atoms with Crippen LogP contribution in [0.5, 0.6) is 5.88 Å². The molecule has 0 saturated carbocycles. The van der Waals surface area contributed by atoms with Crippen molar-refractivity contribution in [2.45, 2.75) is 45.8 Å². The van der Waals surface area contributed by atoms with Crippen LogP contribution in [0.15, 0.2) is 42.6 Å². The maximum absolute atomic E-state index is 13.4. The van der Waals surface area contributed by atoms with Crippen molar-refractivity contribution in [1.82, 2.24) is 14.8 Å².